The maximum absolute atomic E-state index is 12.8. The lowest BCUT2D eigenvalue weighted by Crippen LogP contribution is -2.30. The van der Waals surface area contributed by atoms with Crippen molar-refractivity contribution in [3.05, 3.63) is 12.2 Å². The van der Waals surface area contributed by atoms with Crippen LogP contribution in [0.5, 0.6) is 0 Å². The predicted molar refractivity (Wildman–Crippen MR) is 261 cm³/mol. The molecule has 0 spiro atoms. The van der Waals surface area contributed by atoms with Gasteiger partial charge < -0.3 is 14.2 Å². The van der Waals surface area contributed by atoms with Crippen LogP contribution in [0, 0.1) is 0 Å². The van der Waals surface area contributed by atoms with Gasteiger partial charge in [0.25, 0.3) is 0 Å². The van der Waals surface area contributed by atoms with E-state index in [2.05, 4.69) is 32.9 Å². The fraction of sp³-hybridized carbons (Fsp3) is 0.909. The lowest BCUT2D eigenvalue weighted by atomic mass is 10.0. The Morgan fingerprint density at radius 3 is 0.836 bits per heavy atom. The zero-order valence-electron chi connectivity index (χ0n) is 41.2. The van der Waals surface area contributed by atoms with Gasteiger partial charge in [-0.25, -0.2) is 0 Å². The summed E-state index contributed by atoms with van der Waals surface area (Å²) in [6, 6.07) is 0. The highest BCUT2D eigenvalue weighted by Gasteiger charge is 2.19. The Kier molecular flexibility index (Phi) is 49.3. The van der Waals surface area contributed by atoms with E-state index >= 15 is 0 Å². The molecule has 0 bridgehead atoms. The summed E-state index contributed by atoms with van der Waals surface area (Å²) in [5.41, 5.74) is 0. The van der Waals surface area contributed by atoms with Gasteiger partial charge in [0.1, 0.15) is 13.2 Å². The summed E-state index contributed by atoms with van der Waals surface area (Å²) >= 11 is 0. The van der Waals surface area contributed by atoms with Crippen LogP contribution >= 0.6 is 0 Å². The van der Waals surface area contributed by atoms with Crippen molar-refractivity contribution in [2.45, 2.75) is 309 Å². The van der Waals surface area contributed by atoms with Crippen LogP contribution in [0.4, 0.5) is 0 Å². The highest BCUT2D eigenvalue weighted by atomic mass is 16.6. The average Bonchev–Trinajstić information content (AvgIpc) is 3.26. The molecule has 0 aliphatic heterocycles. The van der Waals surface area contributed by atoms with E-state index < -0.39 is 6.10 Å². The number of carbonyl (C=O) groups excluding carboxylic acids is 3. The van der Waals surface area contributed by atoms with E-state index in [1.54, 1.807) is 0 Å². The van der Waals surface area contributed by atoms with E-state index in [1.807, 2.05) is 0 Å². The summed E-state index contributed by atoms with van der Waals surface area (Å²) in [7, 11) is 0. The summed E-state index contributed by atoms with van der Waals surface area (Å²) in [5.74, 6) is -0.869. The molecule has 360 valence electrons. The standard InChI is InChI=1S/C55H104O6/c1-4-7-10-13-16-19-22-24-25-26-27-28-29-31-33-36-39-42-45-48-54(57)60-51-52(50-59-53(56)47-44-41-38-35-32-21-18-15-12-9-6-3)61-55(58)49-46-43-40-37-34-30-23-20-17-14-11-8-5-2/h30,34,52H,4-29,31-33,35-51H2,1-3H3/b34-30-. The lowest BCUT2D eigenvalue weighted by molar-refractivity contribution is -0.167. The Hall–Kier alpha value is -1.85. The number of ether oxygens (including phenoxy) is 3. The van der Waals surface area contributed by atoms with Gasteiger partial charge in [0.05, 0.1) is 0 Å². The van der Waals surface area contributed by atoms with Crippen molar-refractivity contribution < 1.29 is 28.6 Å². The number of allylic oxidation sites excluding steroid dienone is 2. The van der Waals surface area contributed by atoms with Crippen molar-refractivity contribution in [3.8, 4) is 0 Å². The molecule has 0 aromatic carbocycles. The first-order valence-corrected chi connectivity index (χ1v) is 27.2. The molecule has 0 saturated heterocycles. The van der Waals surface area contributed by atoms with Crippen molar-refractivity contribution in [2.75, 3.05) is 13.2 Å². The second-order valence-electron chi connectivity index (χ2n) is 18.5. The Balaban J connectivity index is 4.27. The molecule has 1 atom stereocenters. The second kappa shape index (κ2) is 50.8. The zero-order chi connectivity index (χ0) is 44.4. The molecule has 0 amide bonds. The van der Waals surface area contributed by atoms with Crippen LogP contribution < -0.4 is 0 Å². The van der Waals surface area contributed by atoms with Gasteiger partial charge in [-0.15, -0.1) is 0 Å². The Labute approximate surface area is 380 Å². The highest BCUT2D eigenvalue weighted by Crippen LogP contribution is 2.17. The number of unbranched alkanes of at least 4 members (excludes halogenated alkanes) is 37. The number of rotatable bonds is 50. The highest BCUT2D eigenvalue weighted by molar-refractivity contribution is 5.71. The Bertz CT molecular complexity index is 947. The number of hydrogen-bond acceptors (Lipinski definition) is 6. The zero-order valence-corrected chi connectivity index (χ0v) is 41.2. The van der Waals surface area contributed by atoms with Gasteiger partial charge in [0.15, 0.2) is 6.10 Å². The van der Waals surface area contributed by atoms with E-state index in [-0.39, 0.29) is 31.1 Å². The minimum absolute atomic E-state index is 0.0706. The van der Waals surface area contributed by atoms with Crippen LogP contribution in [0.1, 0.15) is 303 Å². The van der Waals surface area contributed by atoms with Crippen LogP contribution in [0.25, 0.3) is 0 Å². The van der Waals surface area contributed by atoms with E-state index in [0.717, 1.165) is 70.6 Å². The first-order chi connectivity index (χ1) is 30.0. The molecule has 0 fully saturated rings. The average molecular weight is 861 g/mol. The summed E-state index contributed by atoms with van der Waals surface area (Å²) in [4.78, 5) is 37.9. The SMILES string of the molecule is CCCCCCCC/C=C\CCCCCC(=O)OC(COC(=O)CCCCCCCCCCCCC)COC(=O)CCCCCCCCCCCCCCCCCCCCC. The van der Waals surface area contributed by atoms with E-state index in [0.29, 0.717) is 19.3 Å². The van der Waals surface area contributed by atoms with Gasteiger partial charge in [0.2, 0.25) is 0 Å². The monoisotopic (exact) mass is 861 g/mol. The first kappa shape index (κ1) is 59.1. The van der Waals surface area contributed by atoms with Gasteiger partial charge in [-0.3, -0.25) is 14.4 Å². The number of esters is 3. The molecule has 61 heavy (non-hydrogen) atoms. The molecular weight excluding hydrogens is 757 g/mol. The van der Waals surface area contributed by atoms with Crippen molar-refractivity contribution in [3.63, 3.8) is 0 Å². The molecule has 0 aromatic rings. The molecule has 0 aliphatic rings. The fourth-order valence-electron chi connectivity index (χ4n) is 8.14. The Morgan fingerprint density at radius 1 is 0.311 bits per heavy atom. The summed E-state index contributed by atoms with van der Waals surface area (Å²) < 4.78 is 16.8. The molecule has 0 saturated carbocycles. The molecule has 6 heteroatoms. The van der Waals surface area contributed by atoms with Crippen LogP contribution in [-0.4, -0.2) is 37.2 Å². The molecule has 0 rings (SSSR count). The van der Waals surface area contributed by atoms with Crippen LogP contribution in [0.3, 0.4) is 0 Å². The molecule has 0 N–H and O–H groups in total. The van der Waals surface area contributed by atoms with Gasteiger partial charge >= 0.3 is 17.9 Å². The minimum atomic E-state index is -0.771. The summed E-state index contributed by atoms with van der Waals surface area (Å²) in [6.07, 6.45) is 56.3. The van der Waals surface area contributed by atoms with Crippen LogP contribution in [-0.2, 0) is 28.6 Å². The minimum Gasteiger partial charge on any atom is -0.462 e. The van der Waals surface area contributed by atoms with Crippen molar-refractivity contribution in [1.29, 1.82) is 0 Å². The fourth-order valence-corrected chi connectivity index (χ4v) is 8.14. The molecule has 0 heterocycles. The van der Waals surface area contributed by atoms with Gasteiger partial charge in [0, 0.05) is 19.3 Å². The smallest absolute Gasteiger partial charge is 0.306 e. The third kappa shape index (κ3) is 49.0. The van der Waals surface area contributed by atoms with Crippen LogP contribution in [0.2, 0.25) is 0 Å². The third-order valence-corrected chi connectivity index (χ3v) is 12.3. The molecule has 0 aromatic heterocycles. The molecule has 0 aliphatic carbocycles. The van der Waals surface area contributed by atoms with Gasteiger partial charge in [-0.1, -0.05) is 251 Å². The maximum atomic E-state index is 12.8. The van der Waals surface area contributed by atoms with E-state index in [1.165, 1.54) is 193 Å². The normalized spacial score (nSPS) is 12.0. The lowest BCUT2D eigenvalue weighted by Gasteiger charge is -2.18. The maximum Gasteiger partial charge on any atom is 0.306 e. The molecular formula is C55H104O6. The van der Waals surface area contributed by atoms with Crippen molar-refractivity contribution in [2.24, 2.45) is 0 Å². The van der Waals surface area contributed by atoms with Crippen LogP contribution in [0.15, 0.2) is 12.2 Å². The van der Waals surface area contributed by atoms with Gasteiger partial charge in [-0.2, -0.15) is 0 Å². The molecule has 1 unspecified atom stereocenters. The second-order valence-corrected chi connectivity index (χ2v) is 18.5. The first-order valence-electron chi connectivity index (χ1n) is 27.2. The third-order valence-electron chi connectivity index (χ3n) is 12.3. The largest absolute Gasteiger partial charge is 0.462 e. The Morgan fingerprint density at radius 2 is 0.541 bits per heavy atom. The molecule has 0 radical (unpaired) electrons. The van der Waals surface area contributed by atoms with Crippen molar-refractivity contribution in [1.82, 2.24) is 0 Å². The number of hydrogen-bond donors (Lipinski definition) is 0. The summed E-state index contributed by atoms with van der Waals surface area (Å²) in [5, 5.41) is 0. The topological polar surface area (TPSA) is 78.9 Å². The molecule has 6 nitrogen and oxygen atoms in total. The summed E-state index contributed by atoms with van der Waals surface area (Å²) in [6.45, 7) is 6.65. The van der Waals surface area contributed by atoms with E-state index in [4.69, 9.17) is 14.2 Å². The van der Waals surface area contributed by atoms with Crippen molar-refractivity contribution >= 4 is 17.9 Å². The van der Waals surface area contributed by atoms with Gasteiger partial charge in [-0.05, 0) is 44.9 Å². The number of carbonyl (C=O) groups is 3. The van der Waals surface area contributed by atoms with E-state index in [9.17, 15) is 14.4 Å². The predicted octanol–water partition coefficient (Wildman–Crippen LogP) is 17.8. The quantitative estimate of drug-likeness (QED) is 0.0262.